The van der Waals surface area contributed by atoms with E-state index < -0.39 is 41.3 Å². The van der Waals surface area contributed by atoms with Crippen molar-refractivity contribution >= 4 is 69.2 Å². The fourth-order valence-electron chi connectivity index (χ4n) is 8.98. The average Bonchev–Trinajstić information content (AvgIpc) is 3.82. The van der Waals surface area contributed by atoms with Crippen LogP contribution in [-0.2, 0) is 30.3 Å². The van der Waals surface area contributed by atoms with Gasteiger partial charge in [0.15, 0.2) is 5.82 Å². The Kier molecular flexibility index (Phi) is 13.2. The number of aromatic amines is 1. The van der Waals surface area contributed by atoms with Crippen LogP contribution >= 0.6 is 0 Å². The van der Waals surface area contributed by atoms with Crippen LogP contribution in [0.4, 0.5) is 31.7 Å². The van der Waals surface area contributed by atoms with Gasteiger partial charge in [-0.25, -0.2) is 8.78 Å². The molecule has 3 fully saturated rings. The van der Waals surface area contributed by atoms with Crippen LogP contribution in [0.3, 0.4) is 0 Å². The van der Waals surface area contributed by atoms with Gasteiger partial charge in [0.1, 0.15) is 17.7 Å². The molecule has 0 radical (unpaired) electrons. The highest BCUT2D eigenvalue weighted by Crippen LogP contribution is 2.32. The number of benzene rings is 4. The van der Waals surface area contributed by atoms with Gasteiger partial charge in [-0.05, 0) is 97.5 Å². The molecule has 67 heavy (non-hydrogen) atoms. The number of aromatic nitrogens is 2. The number of nitrogens with zero attached hydrogens (tertiary/aromatic N) is 4. The lowest BCUT2D eigenvalue weighted by Crippen LogP contribution is -2.54. The number of carbonyl (C=O) groups is 6. The molecule has 1 atom stereocenters. The van der Waals surface area contributed by atoms with E-state index in [1.807, 2.05) is 35.2 Å². The second-order valence-corrected chi connectivity index (χ2v) is 17.0. The smallest absolute Gasteiger partial charge is 0.262 e. The minimum absolute atomic E-state index is 0.0234. The number of amides is 6. The summed E-state index contributed by atoms with van der Waals surface area (Å²) in [6.07, 6.45) is 2.17. The van der Waals surface area contributed by atoms with Gasteiger partial charge in [0.2, 0.25) is 17.7 Å². The number of carbonyl (C=O) groups excluding carboxylic acids is 6. The van der Waals surface area contributed by atoms with E-state index in [0.717, 1.165) is 35.1 Å². The Morgan fingerprint density at radius 2 is 1.60 bits per heavy atom. The summed E-state index contributed by atoms with van der Waals surface area (Å²) in [5, 5.41) is 19.9. The molecule has 4 aliphatic rings. The molecule has 17 nitrogen and oxygen atoms in total. The standard InChI is InChI=1S/C48H49F2N9O8/c49-30-22-29(23-31(50)25-30)21-28-1-6-39-38(24-28)44(56-55-39)54-45(62)36-5-3-34(27-40(36)52-32-9-17-66-18-10-32)57-13-15-58(16-14-57)43(61)11-19-67-20-12-51-33-2-4-35-37(26-33)48(65)59(47(35)64)41-7-8-42(60)53-46(41)63/h1-6,22-27,32,41,51-52H,7-21H2,(H,53,60,63)(H2,54,55,56,62). The Morgan fingerprint density at radius 3 is 2.37 bits per heavy atom. The Morgan fingerprint density at radius 1 is 0.821 bits per heavy atom. The number of anilines is 4. The molecule has 3 saturated heterocycles. The molecule has 4 aliphatic heterocycles. The second kappa shape index (κ2) is 19.7. The molecular weight excluding hydrogens is 869 g/mol. The van der Waals surface area contributed by atoms with Crippen molar-refractivity contribution in [2.75, 3.05) is 80.0 Å². The minimum Gasteiger partial charge on any atom is -0.383 e. The number of rotatable bonds is 15. The van der Waals surface area contributed by atoms with Gasteiger partial charge in [0.25, 0.3) is 17.7 Å². The first-order chi connectivity index (χ1) is 32.5. The number of hydrogen-bond acceptors (Lipinski definition) is 12. The highest BCUT2D eigenvalue weighted by Gasteiger charge is 2.44. The number of imide groups is 2. The zero-order valence-electron chi connectivity index (χ0n) is 36.5. The SMILES string of the molecule is O=C1CCC(N2C(=O)c3ccc(NCCOCCC(=O)N4CCN(c5ccc(C(=O)Nc6n[nH]c7ccc(Cc8cc(F)cc(F)c8)cc67)c(NC6CCOCC6)c5)CC4)cc3C2=O)C(=O)N1. The number of H-pyrrole nitrogens is 1. The van der Waals surface area contributed by atoms with Crippen molar-refractivity contribution in [2.24, 2.45) is 0 Å². The molecule has 0 saturated carbocycles. The normalized spacial score (nSPS) is 17.8. The van der Waals surface area contributed by atoms with E-state index >= 15 is 0 Å². The number of piperazine rings is 1. The molecule has 9 rings (SSSR count). The summed E-state index contributed by atoms with van der Waals surface area (Å²) in [5.41, 5.74) is 4.92. The number of ether oxygens (including phenoxy) is 2. The number of piperidine rings is 1. The number of nitrogens with one attached hydrogen (secondary N) is 5. The molecule has 5 heterocycles. The Hall–Kier alpha value is -7.25. The van der Waals surface area contributed by atoms with Crippen molar-refractivity contribution in [1.82, 2.24) is 25.3 Å². The molecule has 4 aromatic carbocycles. The molecule has 348 valence electrons. The quantitative estimate of drug-likeness (QED) is 0.0707. The zero-order valence-corrected chi connectivity index (χ0v) is 36.5. The lowest BCUT2D eigenvalue weighted by molar-refractivity contribution is -0.136. The maximum atomic E-state index is 14.0. The van der Waals surface area contributed by atoms with E-state index in [0.29, 0.717) is 85.2 Å². The van der Waals surface area contributed by atoms with Gasteiger partial charge in [-0.3, -0.25) is 44.1 Å². The van der Waals surface area contributed by atoms with E-state index in [4.69, 9.17) is 9.47 Å². The Balaban J connectivity index is 0.760. The first kappa shape index (κ1) is 44.9. The molecule has 0 spiro atoms. The van der Waals surface area contributed by atoms with Crippen LogP contribution < -0.4 is 26.2 Å². The summed E-state index contributed by atoms with van der Waals surface area (Å²) < 4.78 is 39.1. The molecule has 5 aromatic rings. The summed E-state index contributed by atoms with van der Waals surface area (Å²) in [6, 6.07) is 18.4. The average molecular weight is 918 g/mol. The van der Waals surface area contributed by atoms with Crippen LogP contribution in [0.25, 0.3) is 10.9 Å². The minimum atomic E-state index is -1.04. The van der Waals surface area contributed by atoms with Crippen molar-refractivity contribution in [1.29, 1.82) is 0 Å². The summed E-state index contributed by atoms with van der Waals surface area (Å²) in [6.45, 7) is 4.29. The largest absolute Gasteiger partial charge is 0.383 e. The van der Waals surface area contributed by atoms with Gasteiger partial charge in [0.05, 0.1) is 41.8 Å². The van der Waals surface area contributed by atoms with Gasteiger partial charge in [-0.2, -0.15) is 5.10 Å². The first-order valence-corrected chi connectivity index (χ1v) is 22.4. The summed E-state index contributed by atoms with van der Waals surface area (Å²) in [5.74, 6) is -3.61. The van der Waals surface area contributed by atoms with Gasteiger partial charge < -0.3 is 35.2 Å². The Bertz CT molecular complexity index is 2730. The van der Waals surface area contributed by atoms with Crippen molar-refractivity contribution in [3.05, 3.63) is 112 Å². The highest BCUT2D eigenvalue weighted by molar-refractivity contribution is 6.23. The number of hydrogen-bond donors (Lipinski definition) is 5. The molecule has 19 heteroatoms. The second-order valence-electron chi connectivity index (χ2n) is 17.0. The van der Waals surface area contributed by atoms with E-state index in [-0.39, 0.29) is 67.9 Å². The fraction of sp³-hybridized carbons (Fsp3) is 0.354. The monoisotopic (exact) mass is 917 g/mol. The van der Waals surface area contributed by atoms with E-state index in [1.165, 1.54) is 18.2 Å². The third kappa shape index (κ3) is 10.1. The molecule has 6 amide bonds. The van der Waals surface area contributed by atoms with Crippen LogP contribution in [0.5, 0.6) is 0 Å². The van der Waals surface area contributed by atoms with E-state index in [1.54, 1.807) is 18.2 Å². The number of halogens is 2. The molecule has 1 aromatic heterocycles. The van der Waals surface area contributed by atoms with Crippen molar-refractivity contribution in [3.63, 3.8) is 0 Å². The summed E-state index contributed by atoms with van der Waals surface area (Å²) in [7, 11) is 0. The first-order valence-electron chi connectivity index (χ1n) is 22.4. The summed E-state index contributed by atoms with van der Waals surface area (Å²) in [4.78, 5) is 82.2. The topological polar surface area (TPSA) is 207 Å². The van der Waals surface area contributed by atoms with Gasteiger partial charge in [-0.15, -0.1) is 0 Å². The summed E-state index contributed by atoms with van der Waals surface area (Å²) >= 11 is 0. The van der Waals surface area contributed by atoms with Crippen LogP contribution in [0, 0.1) is 11.6 Å². The van der Waals surface area contributed by atoms with Gasteiger partial charge in [-0.1, -0.05) is 6.07 Å². The van der Waals surface area contributed by atoms with Crippen LogP contribution in [-0.4, -0.2) is 127 Å². The van der Waals surface area contributed by atoms with E-state index in [2.05, 4.69) is 36.4 Å². The van der Waals surface area contributed by atoms with Crippen molar-refractivity contribution in [2.45, 2.75) is 50.6 Å². The fourth-order valence-corrected chi connectivity index (χ4v) is 8.98. The molecule has 5 N–H and O–H groups in total. The van der Waals surface area contributed by atoms with Gasteiger partial charge >= 0.3 is 0 Å². The maximum absolute atomic E-state index is 14.0. The maximum Gasteiger partial charge on any atom is 0.262 e. The third-order valence-electron chi connectivity index (χ3n) is 12.5. The Labute approximate surface area is 383 Å². The molecular formula is C48H49F2N9O8. The molecule has 1 unspecified atom stereocenters. The van der Waals surface area contributed by atoms with Crippen LogP contribution in [0.1, 0.15) is 74.3 Å². The highest BCUT2D eigenvalue weighted by atomic mass is 19.1. The van der Waals surface area contributed by atoms with Crippen molar-refractivity contribution < 1.29 is 47.0 Å². The number of fused-ring (bicyclic) bond motifs is 2. The lowest BCUT2D eigenvalue weighted by atomic mass is 10.0. The zero-order chi connectivity index (χ0) is 46.6. The van der Waals surface area contributed by atoms with Crippen molar-refractivity contribution in [3.8, 4) is 0 Å². The van der Waals surface area contributed by atoms with Gasteiger partial charge in [0, 0.05) is 86.9 Å². The predicted octanol–water partition coefficient (Wildman–Crippen LogP) is 4.84. The lowest BCUT2D eigenvalue weighted by Gasteiger charge is -2.36. The van der Waals surface area contributed by atoms with Crippen LogP contribution in [0.15, 0.2) is 72.8 Å². The molecule has 0 bridgehead atoms. The predicted molar refractivity (Wildman–Crippen MR) is 243 cm³/mol. The molecule has 0 aliphatic carbocycles. The van der Waals surface area contributed by atoms with Crippen LogP contribution in [0.2, 0.25) is 0 Å². The van der Waals surface area contributed by atoms with E-state index in [9.17, 15) is 37.5 Å². The third-order valence-corrected chi connectivity index (χ3v) is 12.5.